The van der Waals surface area contributed by atoms with Gasteiger partial charge in [0.05, 0.1) is 11.8 Å². The molecular formula is C11H12N2O2. The van der Waals surface area contributed by atoms with E-state index < -0.39 is 6.09 Å². The van der Waals surface area contributed by atoms with Crippen molar-refractivity contribution in [2.45, 2.75) is 20.0 Å². The molecule has 0 aliphatic carbocycles. The fraction of sp³-hybridized carbons (Fsp3) is 0.273. The lowest BCUT2D eigenvalue weighted by Crippen LogP contribution is -2.28. The zero-order chi connectivity index (χ0) is 11.3. The molecule has 0 saturated heterocycles. The molecular weight excluding hydrogens is 192 g/mol. The second kappa shape index (κ2) is 5.01. The lowest BCUT2D eigenvalue weighted by Gasteiger charge is -2.15. The van der Waals surface area contributed by atoms with Crippen LogP contribution in [0.25, 0.3) is 0 Å². The minimum atomic E-state index is -0.654. The number of nitriles is 1. The molecule has 0 heterocycles. The molecule has 1 amide bonds. The maximum absolute atomic E-state index is 11.5. The molecule has 0 unspecified atom stereocenters. The van der Waals surface area contributed by atoms with E-state index in [1.165, 1.54) is 0 Å². The number of anilines is 1. The SMILES string of the molecule is CC(C)OC(=O)N(C#N)c1ccccc1. The predicted molar refractivity (Wildman–Crippen MR) is 56.2 cm³/mol. The summed E-state index contributed by atoms with van der Waals surface area (Å²) in [4.78, 5) is 12.4. The summed E-state index contributed by atoms with van der Waals surface area (Å²) >= 11 is 0. The van der Waals surface area contributed by atoms with Gasteiger partial charge in [-0.2, -0.15) is 10.2 Å². The minimum Gasteiger partial charge on any atom is -0.446 e. The van der Waals surface area contributed by atoms with E-state index in [4.69, 9.17) is 10.00 Å². The highest BCUT2D eigenvalue weighted by Gasteiger charge is 2.17. The van der Waals surface area contributed by atoms with Crippen LogP contribution in [-0.2, 0) is 4.74 Å². The Morgan fingerprint density at radius 3 is 2.47 bits per heavy atom. The van der Waals surface area contributed by atoms with Gasteiger partial charge < -0.3 is 4.74 Å². The van der Waals surface area contributed by atoms with E-state index in [1.807, 2.05) is 6.07 Å². The Hall–Kier alpha value is -2.02. The number of para-hydroxylation sites is 1. The predicted octanol–water partition coefficient (Wildman–Crippen LogP) is 2.52. The van der Waals surface area contributed by atoms with Gasteiger partial charge in [-0.25, -0.2) is 4.79 Å². The van der Waals surface area contributed by atoms with Crippen LogP contribution in [0.3, 0.4) is 0 Å². The highest BCUT2D eigenvalue weighted by molar-refractivity contribution is 5.90. The zero-order valence-corrected chi connectivity index (χ0v) is 8.68. The van der Waals surface area contributed by atoms with Crippen molar-refractivity contribution in [1.29, 1.82) is 5.26 Å². The number of carbonyl (C=O) groups is 1. The summed E-state index contributed by atoms with van der Waals surface area (Å²) in [5, 5.41) is 8.84. The van der Waals surface area contributed by atoms with E-state index in [2.05, 4.69) is 0 Å². The van der Waals surface area contributed by atoms with Gasteiger partial charge in [-0.15, -0.1) is 0 Å². The average molecular weight is 204 g/mol. The molecule has 78 valence electrons. The third-order valence-corrected chi connectivity index (χ3v) is 1.63. The molecule has 0 bridgehead atoms. The van der Waals surface area contributed by atoms with Crippen LogP contribution in [0.5, 0.6) is 0 Å². The van der Waals surface area contributed by atoms with Crippen LogP contribution in [0.4, 0.5) is 10.5 Å². The molecule has 0 fully saturated rings. The first-order valence-corrected chi connectivity index (χ1v) is 4.60. The number of hydrogen-bond acceptors (Lipinski definition) is 3. The highest BCUT2D eigenvalue weighted by Crippen LogP contribution is 2.13. The summed E-state index contributed by atoms with van der Waals surface area (Å²) in [6.45, 7) is 3.47. The van der Waals surface area contributed by atoms with Gasteiger partial charge in [0.1, 0.15) is 0 Å². The van der Waals surface area contributed by atoms with E-state index in [0.29, 0.717) is 5.69 Å². The normalized spacial score (nSPS) is 9.47. The van der Waals surface area contributed by atoms with Crippen molar-refractivity contribution in [3.63, 3.8) is 0 Å². The number of ether oxygens (including phenoxy) is 1. The van der Waals surface area contributed by atoms with Gasteiger partial charge in [-0.3, -0.25) is 0 Å². The standard InChI is InChI=1S/C11H12N2O2/c1-9(2)15-11(14)13(8-12)10-6-4-3-5-7-10/h3-7,9H,1-2H3. The Morgan fingerprint density at radius 1 is 1.40 bits per heavy atom. The Morgan fingerprint density at radius 2 is 2.00 bits per heavy atom. The van der Waals surface area contributed by atoms with Crippen LogP contribution in [0, 0.1) is 11.5 Å². The number of nitrogens with zero attached hydrogens (tertiary/aromatic N) is 2. The van der Waals surface area contributed by atoms with Crippen molar-refractivity contribution in [2.24, 2.45) is 0 Å². The summed E-state index contributed by atoms with van der Waals surface area (Å²) in [7, 11) is 0. The minimum absolute atomic E-state index is 0.239. The molecule has 0 aromatic heterocycles. The lowest BCUT2D eigenvalue weighted by atomic mass is 10.3. The third kappa shape index (κ3) is 2.99. The number of benzene rings is 1. The van der Waals surface area contributed by atoms with E-state index in [1.54, 1.807) is 44.3 Å². The third-order valence-electron chi connectivity index (χ3n) is 1.63. The van der Waals surface area contributed by atoms with Crippen molar-refractivity contribution in [3.05, 3.63) is 30.3 Å². The largest absolute Gasteiger partial charge is 0.446 e. The molecule has 0 spiro atoms. The summed E-state index contributed by atoms with van der Waals surface area (Å²) in [6.07, 6.45) is 0.889. The number of hydrogen-bond donors (Lipinski definition) is 0. The van der Waals surface area contributed by atoms with E-state index in [0.717, 1.165) is 4.90 Å². The summed E-state index contributed by atoms with van der Waals surface area (Å²) < 4.78 is 4.92. The second-order valence-corrected chi connectivity index (χ2v) is 3.20. The van der Waals surface area contributed by atoms with Crippen LogP contribution in [0.2, 0.25) is 0 Å². The van der Waals surface area contributed by atoms with Crippen molar-refractivity contribution in [2.75, 3.05) is 4.90 Å². The molecule has 0 atom stereocenters. The number of carbonyl (C=O) groups excluding carboxylic acids is 1. The molecule has 0 aliphatic rings. The molecule has 0 N–H and O–H groups in total. The molecule has 4 heteroatoms. The average Bonchev–Trinajstić information content (AvgIpc) is 2.19. The molecule has 0 radical (unpaired) electrons. The lowest BCUT2D eigenvalue weighted by molar-refractivity contribution is 0.125. The first-order chi connectivity index (χ1) is 7.15. The van der Waals surface area contributed by atoms with Gasteiger partial charge >= 0.3 is 6.09 Å². The summed E-state index contributed by atoms with van der Waals surface area (Å²) in [5.74, 6) is 0. The Labute approximate surface area is 88.7 Å². The number of amides is 1. The monoisotopic (exact) mass is 204 g/mol. The topological polar surface area (TPSA) is 53.3 Å². The van der Waals surface area contributed by atoms with E-state index in [-0.39, 0.29) is 6.10 Å². The second-order valence-electron chi connectivity index (χ2n) is 3.20. The van der Waals surface area contributed by atoms with Crippen molar-refractivity contribution >= 4 is 11.8 Å². The van der Waals surface area contributed by atoms with Crippen molar-refractivity contribution < 1.29 is 9.53 Å². The van der Waals surface area contributed by atoms with Gasteiger partial charge in [0.2, 0.25) is 0 Å². The van der Waals surface area contributed by atoms with Crippen LogP contribution >= 0.6 is 0 Å². The molecule has 1 aromatic carbocycles. The van der Waals surface area contributed by atoms with Gasteiger partial charge in [-0.1, -0.05) is 18.2 Å². The molecule has 1 rings (SSSR count). The van der Waals surface area contributed by atoms with Crippen molar-refractivity contribution in [1.82, 2.24) is 0 Å². The Balaban J connectivity index is 2.82. The fourth-order valence-electron chi connectivity index (χ4n) is 1.04. The molecule has 0 aliphatic heterocycles. The van der Waals surface area contributed by atoms with Gasteiger partial charge in [0, 0.05) is 0 Å². The highest BCUT2D eigenvalue weighted by atomic mass is 16.6. The molecule has 0 saturated carbocycles. The number of rotatable bonds is 2. The van der Waals surface area contributed by atoms with E-state index in [9.17, 15) is 4.79 Å². The quantitative estimate of drug-likeness (QED) is 0.549. The summed E-state index contributed by atoms with van der Waals surface area (Å²) in [6, 6.07) is 8.66. The maximum Gasteiger partial charge on any atom is 0.428 e. The van der Waals surface area contributed by atoms with Crippen LogP contribution in [0.1, 0.15) is 13.8 Å². The van der Waals surface area contributed by atoms with Gasteiger partial charge in [-0.05, 0) is 26.0 Å². The fourth-order valence-corrected chi connectivity index (χ4v) is 1.04. The maximum atomic E-state index is 11.5. The molecule has 4 nitrogen and oxygen atoms in total. The first kappa shape index (κ1) is 11.1. The van der Waals surface area contributed by atoms with Gasteiger partial charge in [0.25, 0.3) is 0 Å². The van der Waals surface area contributed by atoms with Crippen LogP contribution in [-0.4, -0.2) is 12.2 Å². The summed E-state index contributed by atoms with van der Waals surface area (Å²) in [5.41, 5.74) is 0.505. The van der Waals surface area contributed by atoms with Gasteiger partial charge in [0.15, 0.2) is 6.19 Å². The smallest absolute Gasteiger partial charge is 0.428 e. The van der Waals surface area contributed by atoms with Crippen LogP contribution in [0.15, 0.2) is 30.3 Å². The Bertz CT molecular complexity index is 368. The van der Waals surface area contributed by atoms with Crippen LogP contribution < -0.4 is 4.90 Å². The zero-order valence-electron chi connectivity index (χ0n) is 8.68. The molecule has 1 aromatic rings. The van der Waals surface area contributed by atoms with E-state index >= 15 is 0 Å². The Kier molecular flexibility index (Phi) is 3.69. The van der Waals surface area contributed by atoms with Crippen molar-refractivity contribution in [3.8, 4) is 6.19 Å². The molecule has 15 heavy (non-hydrogen) atoms. The first-order valence-electron chi connectivity index (χ1n) is 4.60.